The van der Waals surface area contributed by atoms with Crippen LogP contribution < -0.4 is 15.4 Å². The van der Waals surface area contributed by atoms with Gasteiger partial charge in [-0.2, -0.15) is 0 Å². The van der Waals surface area contributed by atoms with Crippen LogP contribution >= 0.6 is 22.6 Å². The molecule has 2 N–H and O–H groups in total. The summed E-state index contributed by atoms with van der Waals surface area (Å²) in [5.74, 6) is 0.795. The summed E-state index contributed by atoms with van der Waals surface area (Å²) >= 11 is 2.25. The average molecular weight is 452 g/mol. The number of halogens is 1. The molecular formula is C20H25IN2O2. The molecule has 134 valence electrons. The van der Waals surface area contributed by atoms with Gasteiger partial charge in [0.2, 0.25) is 0 Å². The molecule has 0 atom stereocenters. The summed E-state index contributed by atoms with van der Waals surface area (Å²) in [6, 6.07) is 11.7. The Morgan fingerprint density at radius 2 is 1.84 bits per heavy atom. The lowest BCUT2D eigenvalue weighted by atomic mass is 9.85. The van der Waals surface area contributed by atoms with Crippen LogP contribution in [0.4, 0.5) is 10.5 Å². The normalized spacial score (nSPS) is 11.1. The first-order valence-corrected chi connectivity index (χ1v) is 9.29. The zero-order chi connectivity index (χ0) is 18.6. The largest absolute Gasteiger partial charge is 0.473 e. The predicted molar refractivity (Wildman–Crippen MR) is 111 cm³/mol. The predicted octanol–water partition coefficient (Wildman–Crippen LogP) is 5.36. The summed E-state index contributed by atoms with van der Waals surface area (Å²) in [7, 11) is 0. The molecule has 4 nitrogen and oxygen atoms in total. The molecule has 2 aromatic carbocycles. The Bertz CT molecular complexity index is 767. The first kappa shape index (κ1) is 19.6. The number of nitrogens with one attached hydrogen (secondary N) is 2. The van der Waals surface area contributed by atoms with E-state index in [9.17, 15) is 4.79 Å². The number of benzene rings is 2. The fourth-order valence-electron chi connectivity index (χ4n) is 2.47. The van der Waals surface area contributed by atoms with Gasteiger partial charge in [-0.05, 0) is 77.2 Å². The van der Waals surface area contributed by atoms with Crippen LogP contribution in [0.3, 0.4) is 0 Å². The molecule has 5 heteroatoms. The highest BCUT2D eigenvalue weighted by atomic mass is 127. The molecule has 0 spiro atoms. The first-order valence-electron chi connectivity index (χ1n) is 8.22. The standard InChI is InChI=1S/C20H25IN2O2/c1-13-6-9-18(16(10-13)20(3,4)5)25-12-22-19(24)23-17-8-7-15(21)11-14(17)2/h6-11H,12H2,1-5H3,(H2,22,23,24). The van der Waals surface area contributed by atoms with Crippen LogP contribution in [-0.4, -0.2) is 12.8 Å². The Morgan fingerprint density at radius 1 is 1.12 bits per heavy atom. The maximum Gasteiger partial charge on any atom is 0.321 e. The fourth-order valence-corrected chi connectivity index (χ4v) is 3.12. The summed E-state index contributed by atoms with van der Waals surface area (Å²) in [5.41, 5.74) is 4.11. The quantitative estimate of drug-likeness (QED) is 0.485. The van der Waals surface area contributed by atoms with E-state index in [4.69, 9.17) is 4.74 Å². The number of carbonyl (C=O) groups excluding carboxylic acids is 1. The smallest absolute Gasteiger partial charge is 0.321 e. The molecular weight excluding hydrogens is 427 g/mol. The number of anilines is 1. The zero-order valence-electron chi connectivity index (χ0n) is 15.4. The lowest BCUT2D eigenvalue weighted by Gasteiger charge is -2.23. The van der Waals surface area contributed by atoms with E-state index in [0.29, 0.717) is 0 Å². The number of urea groups is 1. The third kappa shape index (κ3) is 5.63. The van der Waals surface area contributed by atoms with E-state index in [-0.39, 0.29) is 18.2 Å². The number of rotatable bonds is 4. The minimum Gasteiger partial charge on any atom is -0.473 e. The van der Waals surface area contributed by atoms with E-state index >= 15 is 0 Å². The van der Waals surface area contributed by atoms with E-state index in [1.54, 1.807) is 0 Å². The topological polar surface area (TPSA) is 50.4 Å². The molecule has 0 aromatic heterocycles. The van der Waals surface area contributed by atoms with Crippen LogP contribution in [0.5, 0.6) is 5.75 Å². The second kappa shape index (κ2) is 8.08. The van der Waals surface area contributed by atoms with Crippen LogP contribution in [0, 0.1) is 17.4 Å². The molecule has 0 heterocycles. The molecule has 0 aliphatic rings. The number of ether oxygens (including phenoxy) is 1. The van der Waals surface area contributed by atoms with Crippen molar-refractivity contribution in [2.24, 2.45) is 0 Å². The molecule has 0 radical (unpaired) electrons. The molecule has 0 aliphatic carbocycles. The van der Waals surface area contributed by atoms with Gasteiger partial charge in [0.25, 0.3) is 0 Å². The summed E-state index contributed by atoms with van der Waals surface area (Å²) in [4.78, 5) is 12.1. The SMILES string of the molecule is Cc1ccc(OCNC(=O)Nc2ccc(I)cc2C)c(C(C)(C)C)c1. The van der Waals surface area contributed by atoms with Crippen molar-refractivity contribution >= 4 is 34.3 Å². The first-order chi connectivity index (χ1) is 11.7. The third-order valence-corrected chi connectivity index (χ3v) is 4.51. The second-order valence-corrected chi connectivity index (χ2v) is 8.37. The number of amides is 2. The van der Waals surface area contributed by atoms with E-state index in [1.165, 1.54) is 5.56 Å². The Morgan fingerprint density at radius 3 is 2.48 bits per heavy atom. The molecule has 0 saturated heterocycles. The van der Waals surface area contributed by atoms with Crippen molar-refractivity contribution in [2.45, 2.75) is 40.0 Å². The molecule has 0 saturated carbocycles. The van der Waals surface area contributed by atoms with Crippen molar-refractivity contribution in [1.29, 1.82) is 0 Å². The van der Waals surface area contributed by atoms with Crippen molar-refractivity contribution in [3.63, 3.8) is 0 Å². The highest BCUT2D eigenvalue weighted by molar-refractivity contribution is 14.1. The van der Waals surface area contributed by atoms with Crippen molar-refractivity contribution in [3.05, 3.63) is 56.7 Å². The van der Waals surface area contributed by atoms with E-state index in [0.717, 1.165) is 26.1 Å². The lowest BCUT2D eigenvalue weighted by Crippen LogP contribution is -2.32. The summed E-state index contributed by atoms with van der Waals surface area (Å²) in [6.45, 7) is 10.6. The van der Waals surface area contributed by atoms with Gasteiger partial charge in [0, 0.05) is 9.26 Å². The minimum absolute atomic E-state index is 0.0259. The van der Waals surface area contributed by atoms with Crippen LogP contribution in [0.1, 0.15) is 37.5 Å². The van der Waals surface area contributed by atoms with Crippen LogP contribution in [-0.2, 0) is 5.41 Å². The minimum atomic E-state index is -0.284. The fraction of sp³-hybridized carbons (Fsp3) is 0.350. The van der Waals surface area contributed by atoms with Gasteiger partial charge >= 0.3 is 6.03 Å². The maximum absolute atomic E-state index is 12.1. The molecule has 0 fully saturated rings. The van der Waals surface area contributed by atoms with Crippen molar-refractivity contribution < 1.29 is 9.53 Å². The molecule has 2 rings (SSSR count). The Kier molecular flexibility index (Phi) is 6.32. The molecule has 0 unspecified atom stereocenters. The number of carbonyl (C=O) groups is 1. The van der Waals surface area contributed by atoms with Gasteiger partial charge in [0.05, 0.1) is 0 Å². The lowest BCUT2D eigenvalue weighted by molar-refractivity contribution is 0.233. The average Bonchev–Trinajstić information content (AvgIpc) is 2.50. The van der Waals surface area contributed by atoms with Crippen LogP contribution in [0.15, 0.2) is 36.4 Å². The Hall–Kier alpha value is -1.76. The molecule has 0 aliphatic heterocycles. The van der Waals surface area contributed by atoms with Crippen LogP contribution in [0.25, 0.3) is 0 Å². The Balaban J connectivity index is 1.95. The van der Waals surface area contributed by atoms with Gasteiger partial charge in [0.1, 0.15) is 5.75 Å². The van der Waals surface area contributed by atoms with Gasteiger partial charge in [-0.3, -0.25) is 0 Å². The summed E-state index contributed by atoms with van der Waals surface area (Å²) in [5, 5.41) is 5.58. The third-order valence-electron chi connectivity index (χ3n) is 3.84. The number of hydrogen-bond acceptors (Lipinski definition) is 2. The number of hydrogen-bond donors (Lipinski definition) is 2. The maximum atomic E-state index is 12.1. The molecule has 2 aromatic rings. The second-order valence-electron chi connectivity index (χ2n) is 7.13. The van der Waals surface area contributed by atoms with E-state index in [1.807, 2.05) is 37.3 Å². The summed E-state index contributed by atoms with van der Waals surface area (Å²) < 4.78 is 6.94. The molecule has 0 bridgehead atoms. The summed E-state index contributed by atoms with van der Waals surface area (Å²) in [6.07, 6.45) is 0. The van der Waals surface area contributed by atoms with Gasteiger partial charge in [-0.15, -0.1) is 0 Å². The highest BCUT2D eigenvalue weighted by Crippen LogP contribution is 2.32. The van der Waals surface area contributed by atoms with Crippen molar-refractivity contribution in [1.82, 2.24) is 5.32 Å². The molecule has 25 heavy (non-hydrogen) atoms. The van der Waals surface area contributed by atoms with Gasteiger partial charge < -0.3 is 15.4 Å². The van der Waals surface area contributed by atoms with E-state index in [2.05, 4.69) is 67.0 Å². The molecule has 2 amide bonds. The van der Waals surface area contributed by atoms with Gasteiger partial charge in [0.15, 0.2) is 6.73 Å². The van der Waals surface area contributed by atoms with Gasteiger partial charge in [-0.1, -0.05) is 38.5 Å². The highest BCUT2D eigenvalue weighted by Gasteiger charge is 2.19. The number of aryl methyl sites for hydroxylation is 2. The Labute approximate surface area is 163 Å². The monoisotopic (exact) mass is 452 g/mol. The van der Waals surface area contributed by atoms with Crippen molar-refractivity contribution in [3.8, 4) is 5.75 Å². The van der Waals surface area contributed by atoms with Crippen LogP contribution in [0.2, 0.25) is 0 Å². The van der Waals surface area contributed by atoms with Gasteiger partial charge in [-0.25, -0.2) is 4.79 Å². The van der Waals surface area contributed by atoms with Crippen molar-refractivity contribution in [2.75, 3.05) is 12.0 Å². The zero-order valence-corrected chi connectivity index (χ0v) is 17.5. The van der Waals surface area contributed by atoms with E-state index < -0.39 is 0 Å².